The van der Waals surface area contributed by atoms with E-state index in [9.17, 15) is 4.79 Å². The van der Waals surface area contributed by atoms with Gasteiger partial charge in [0.15, 0.2) is 5.13 Å². The number of hydrogen-bond acceptors (Lipinski definition) is 4. The number of aromatic nitrogens is 1. The molecule has 1 amide bonds. The fourth-order valence-corrected chi connectivity index (χ4v) is 2.14. The van der Waals surface area contributed by atoms with Crippen molar-refractivity contribution in [2.45, 2.75) is 25.3 Å². The molecule has 0 aliphatic heterocycles. The van der Waals surface area contributed by atoms with Gasteiger partial charge >= 0.3 is 0 Å². The number of rotatable bonds is 3. The molecule has 0 radical (unpaired) electrons. The first-order chi connectivity index (χ1) is 7.24. The Labute approximate surface area is 92.2 Å². The van der Waals surface area contributed by atoms with Crippen LogP contribution in [0.4, 0.5) is 5.13 Å². The summed E-state index contributed by atoms with van der Waals surface area (Å²) in [7, 11) is 0. The van der Waals surface area contributed by atoms with Crippen LogP contribution in [-0.2, 0) is 11.2 Å². The summed E-state index contributed by atoms with van der Waals surface area (Å²) in [5, 5.41) is 5.29. The zero-order valence-corrected chi connectivity index (χ0v) is 9.09. The molecule has 1 heterocycles. The predicted molar refractivity (Wildman–Crippen MR) is 60.5 cm³/mol. The Morgan fingerprint density at radius 2 is 2.33 bits per heavy atom. The Bertz CT molecular complexity index is 378. The van der Waals surface area contributed by atoms with Crippen molar-refractivity contribution >= 4 is 22.4 Å². The summed E-state index contributed by atoms with van der Waals surface area (Å²) in [5.74, 6) is 0.0222. The second kappa shape index (κ2) is 4.44. The second-order valence-corrected chi connectivity index (χ2v) is 4.45. The molecule has 15 heavy (non-hydrogen) atoms. The molecule has 0 atom stereocenters. The number of carbonyl (C=O) groups is 1. The van der Waals surface area contributed by atoms with Crippen molar-refractivity contribution in [3.63, 3.8) is 0 Å². The summed E-state index contributed by atoms with van der Waals surface area (Å²) < 4.78 is 0. The Kier molecular flexibility index (Phi) is 3.01. The third kappa shape index (κ3) is 2.79. The van der Waals surface area contributed by atoms with Crippen molar-refractivity contribution in [3.05, 3.63) is 23.2 Å². The summed E-state index contributed by atoms with van der Waals surface area (Å²) in [5.41, 5.74) is 6.23. The molecule has 80 valence electrons. The van der Waals surface area contributed by atoms with E-state index >= 15 is 0 Å². The molecule has 2 rings (SSSR count). The molecule has 0 aromatic carbocycles. The average molecular weight is 223 g/mol. The molecule has 0 spiro atoms. The third-order valence-electron chi connectivity index (χ3n) is 2.28. The van der Waals surface area contributed by atoms with Gasteiger partial charge in [-0.2, -0.15) is 0 Å². The topological polar surface area (TPSA) is 68.0 Å². The predicted octanol–water partition coefficient (Wildman–Crippen LogP) is 1.10. The van der Waals surface area contributed by atoms with E-state index in [1.54, 1.807) is 0 Å². The van der Waals surface area contributed by atoms with Gasteiger partial charge in [-0.1, -0.05) is 12.2 Å². The molecule has 0 bridgehead atoms. The van der Waals surface area contributed by atoms with Gasteiger partial charge in [-0.05, 0) is 12.8 Å². The molecule has 1 aliphatic carbocycles. The highest BCUT2D eigenvalue weighted by atomic mass is 32.1. The van der Waals surface area contributed by atoms with Crippen LogP contribution in [0.5, 0.6) is 0 Å². The standard InChI is InChI=1S/C10H13N3OS/c11-10-13-8(6-15-10)5-9(14)12-7-3-1-2-4-7/h1-2,6-7H,3-5H2,(H2,11,13)(H,12,14). The normalized spacial score (nSPS) is 15.7. The van der Waals surface area contributed by atoms with Crippen LogP contribution in [0.1, 0.15) is 18.5 Å². The van der Waals surface area contributed by atoms with Crippen molar-refractivity contribution in [3.8, 4) is 0 Å². The van der Waals surface area contributed by atoms with Crippen molar-refractivity contribution in [1.82, 2.24) is 10.3 Å². The zero-order chi connectivity index (χ0) is 10.7. The van der Waals surface area contributed by atoms with Crippen LogP contribution >= 0.6 is 11.3 Å². The average Bonchev–Trinajstić information content (AvgIpc) is 2.77. The van der Waals surface area contributed by atoms with Gasteiger partial charge in [0.2, 0.25) is 5.91 Å². The molecule has 0 fully saturated rings. The molecule has 1 aromatic heterocycles. The van der Waals surface area contributed by atoms with E-state index in [-0.39, 0.29) is 11.9 Å². The minimum Gasteiger partial charge on any atom is -0.375 e. The van der Waals surface area contributed by atoms with Crippen molar-refractivity contribution in [1.29, 1.82) is 0 Å². The van der Waals surface area contributed by atoms with Gasteiger partial charge in [0.25, 0.3) is 0 Å². The molecular weight excluding hydrogens is 210 g/mol. The summed E-state index contributed by atoms with van der Waals surface area (Å²) in [4.78, 5) is 15.6. The summed E-state index contributed by atoms with van der Waals surface area (Å²) in [6.07, 6.45) is 6.37. The van der Waals surface area contributed by atoms with Crippen LogP contribution in [0, 0.1) is 0 Å². The van der Waals surface area contributed by atoms with Crippen molar-refractivity contribution in [2.75, 3.05) is 5.73 Å². The molecule has 1 aliphatic rings. The number of amides is 1. The van der Waals surface area contributed by atoms with Gasteiger partial charge in [0.05, 0.1) is 12.1 Å². The van der Waals surface area contributed by atoms with Gasteiger partial charge in [-0.25, -0.2) is 4.98 Å². The van der Waals surface area contributed by atoms with Crippen LogP contribution in [0.25, 0.3) is 0 Å². The Morgan fingerprint density at radius 1 is 1.60 bits per heavy atom. The molecule has 5 heteroatoms. The molecule has 3 N–H and O–H groups in total. The number of anilines is 1. The van der Waals surface area contributed by atoms with Crippen LogP contribution in [0.3, 0.4) is 0 Å². The van der Waals surface area contributed by atoms with Gasteiger partial charge in [-0.3, -0.25) is 4.79 Å². The third-order valence-corrected chi connectivity index (χ3v) is 3.01. The van der Waals surface area contributed by atoms with Gasteiger partial charge < -0.3 is 11.1 Å². The Hall–Kier alpha value is -1.36. The zero-order valence-electron chi connectivity index (χ0n) is 8.27. The first-order valence-corrected chi connectivity index (χ1v) is 5.76. The molecule has 0 unspecified atom stereocenters. The van der Waals surface area contributed by atoms with E-state index in [0.717, 1.165) is 18.5 Å². The van der Waals surface area contributed by atoms with Crippen LogP contribution < -0.4 is 11.1 Å². The highest BCUT2D eigenvalue weighted by molar-refractivity contribution is 7.13. The lowest BCUT2D eigenvalue weighted by molar-refractivity contribution is -0.121. The highest BCUT2D eigenvalue weighted by Crippen LogP contribution is 2.12. The summed E-state index contributed by atoms with van der Waals surface area (Å²) in [6.45, 7) is 0. The molecule has 1 aromatic rings. The van der Waals surface area contributed by atoms with Crippen LogP contribution in [0.15, 0.2) is 17.5 Å². The fraction of sp³-hybridized carbons (Fsp3) is 0.400. The van der Waals surface area contributed by atoms with Crippen LogP contribution in [-0.4, -0.2) is 16.9 Å². The second-order valence-electron chi connectivity index (χ2n) is 3.56. The maximum Gasteiger partial charge on any atom is 0.226 e. The summed E-state index contributed by atoms with van der Waals surface area (Å²) in [6, 6.07) is 0.272. The smallest absolute Gasteiger partial charge is 0.226 e. The lowest BCUT2D eigenvalue weighted by Crippen LogP contribution is -2.34. The SMILES string of the molecule is Nc1nc(CC(=O)NC2CC=CC2)cs1. The molecular formula is C10H13N3OS. The fourth-order valence-electron chi connectivity index (χ4n) is 1.58. The Morgan fingerprint density at radius 3 is 2.93 bits per heavy atom. The monoisotopic (exact) mass is 223 g/mol. The number of nitrogens with two attached hydrogens (primary N) is 1. The lowest BCUT2D eigenvalue weighted by atomic mass is 10.2. The summed E-state index contributed by atoms with van der Waals surface area (Å²) >= 11 is 1.36. The maximum absolute atomic E-state index is 11.6. The van der Waals surface area contributed by atoms with E-state index in [4.69, 9.17) is 5.73 Å². The quantitative estimate of drug-likeness (QED) is 0.754. The minimum atomic E-state index is 0.0222. The molecule has 4 nitrogen and oxygen atoms in total. The van der Waals surface area contributed by atoms with Crippen LogP contribution in [0.2, 0.25) is 0 Å². The van der Waals surface area contributed by atoms with Crippen molar-refractivity contribution < 1.29 is 4.79 Å². The number of carbonyl (C=O) groups excluding carboxylic acids is 1. The van der Waals surface area contributed by atoms with Gasteiger partial charge in [0.1, 0.15) is 0 Å². The van der Waals surface area contributed by atoms with E-state index in [0.29, 0.717) is 11.6 Å². The van der Waals surface area contributed by atoms with E-state index in [1.807, 2.05) is 5.38 Å². The number of thiazole rings is 1. The lowest BCUT2D eigenvalue weighted by Gasteiger charge is -2.10. The minimum absolute atomic E-state index is 0.0222. The van der Waals surface area contributed by atoms with E-state index in [2.05, 4.69) is 22.5 Å². The molecule has 0 saturated carbocycles. The van der Waals surface area contributed by atoms with Gasteiger partial charge in [0, 0.05) is 11.4 Å². The van der Waals surface area contributed by atoms with Gasteiger partial charge in [-0.15, -0.1) is 11.3 Å². The molecule has 0 saturated heterocycles. The maximum atomic E-state index is 11.6. The number of nitrogens with zero attached hydrogens (tertiary/aromatic N) is 1. The van der Waals surface area contributed by atoms with E-state index < -0.39 is 0 Å². The first-order valence-electron chi connectivity index (χ1n) is 4.88. The highest BCUT2D eigenvalue weighted by Gasteiger charge is 2.14. The number of hydrogen-bond donors (Lipinski definition) is 2. The Balaban J connectivity index is 1.82. The number of nitrogen functional groups attached to an aromatic ring is 1. The first kappa shape index (κ1) is 10.2. The largest absolute Gasteiger partial charge is 0.375 e. The van der Waals surface area contributed by atoms with Crippen molar-refractivity contribution in [2.24, 2.45) is 0 Å². The number of nitrogens with one attached hydrogen (secondary N) is 1. The van der Waals surface area contributed by atoms with E-state index in [1.165, 1.54) is 11.3 Å².